The molecule has 0 aliphatic heterocycles. The molecule has 8 heteroatoms. The van der Waals surface area contributed by atoms with Crippen LogP contribution in [0.15, 0.2) is 55.1 Å². The van der Waals surface area contributed by atoms with E-state index in [4.69, 9.17) is 10.5 Å². The van der Waals surface area contributed by atoms with E-state index in [1.165, 1.54) is 0 Å². The fourth-order valence-electron chi connectivity index (χ4n) is 4.53. The van der Waals surface area contributed by atoms with Gasteiger partial charge in [0.15, 0.2) is 0 Å². The third-order valence-electron chi connectivity index (χ3n) is 5.96. The number of nitrogens with one attached hydrogen (secondary N) is 1. The quantitative estimate of drug-likeness (QED) is 0.651. The van der Waals surface area contributed by atoms with E-state index in [9.17, 15) is 4.79 Å². The molecule has 2 fully saturated rings. The van der Waals surface area contributed by atoms with Gasteiger partial charge in [0.1, 0.15) is 11.7 Å². The van der Waals surface area contributed by atoms with Crippen LogP contribution in [0.1, 0.15) is 36.0 Å². The van der Waals surface area contributed by atoms with E-state index in [-0.39, 0.29) is 6.10 Å². The van der Waals surface area contributed by atoms with Crippen molar-refractivity contribution in [2.75, 3.05) is 5.32 Å². The standard InChI is InChI=1S/C22H22N6O2/c23-19(29)17-2-1-6-25-20(17)30-16-12-22(13-16)10-15(11-22)27-21-26-9-5-18(28-21)14-3-7-24-8-4-14/h1-9,15-16H,10-13H2,(H2,23,29)(H,26,27,28). The maximum atomic E-state index is 11.5. The highest BCUT2D eigenvalue weighted by molar-refractivity contribution is 5.94. The minimum Gasteiger partial charge on any atom is -0.474 e. The second-order valence-corrected chi connectivity index (χ2v) is 8.12. The third-order valence-corrected chi connectivity index (χ3v) is 5.96. The van der Waals surface area contributed by atoms with Crippen LogP contribution in [0, 0.1) is 5.41 Å². The van der Waals surface area contributed by atoms with E-state index in [0.717, 1.165) is 36.9 Å². The molecule has 3 aromatic rings. The smallest absolute Gasteiger partial charge is 0.254 e. The lowest BCUT2D eigenvalue weighted by atomic mass is 9.53. The molecule has 0 atom stereocenters. The van der Waals surface area contributed by atoms with Gasteiger partial charge < -0.3 is 15.8 Å². The summed E-state index contributed by atoms with van der Waals surface area (Å²) >= 11 is 0. The van der Waals surface area contributed by atoms with E-state index >= 15 is 0 Å². The number of anilines is 1. The highest BCUT2D eigenvalue weighted by Crippen LogP contribution is 2.57. The first-order valence-corrected chi connectivity index (χ1v) is 10.0. The third kappa shape index (κ3) is 3.56. The van der Waals surface area contributed by atoms with Crippen LogP contribution >= 0.6 is 0 Å². The summed E-state index contributed by atoms with van der Waals surface area (Å²) in [5.41, 5.74) is 7.92. The van der Waals surface area contributed by atoms with Gasteiger partial charge in [-0.3, -0.25) is 9.78 Å². The van der Waals surface area contributed by atoms with Crippen molar-refractivity contribution in [2.24, 2.45) is 11.1 Å². The zero-order valence-electron chi connectivity index (χ0n) is 16.4. The molecule has 2 saturated carbocycles. The molecule has 3 heterocycles. The van der Waals surface area contributed by atoms with Crippen molar-refractivity contribution >= 4 is 11.9 Å². The molecule has 3 N–H and O–H groups in total. The molecular weight excluding hydrogens is 380 g/mol. The summed E-state index contributed by atoms with van der Waals surface area (Å²) in [6.07, 6.45) is 11.0. The maximum absolute atomic E-state index is 11.5. The van der Waals surface area contributed by atoms with Crippen LogP contribution in [0.4, 0.5) is 5.95 Å². The zero-order valence-corrected chi connectivity index (χ0v) is 16.4. The first kappa shape index (κ1) is 18.5. The second kappa shape index (κ2) is 7.37. The normalized spacial score (nSPS) is 24.5. The van der Waals surface area contributed by atoms with Crippen LogP contribution in [-0.4, -0.2) is 38.0 Å². The molecule has 1 spiro atoms. The largest absolute Gasteiger partial charge is 0.474 e. The first-order chi connectivity index (χ1) is 14.6. The molecule has 3 aromatic heterocycles. The Balaban J connectivity index is 1.15. The number of ether oxygens (including phenoxy) is 1. The monoisotopic (exact) mass is 402 g/mol. The van der Waals surface area contributed by atoms with Gasteiger partial charge in [-0.25, -0.2) is 15.0 Å². The summed E-state index contributed by atoms with van der Waals surface area (Å²) in [5.74, 6) is 0.463. The minimum atomic E-state index is -0.519. The maximum Gasteiger partial charge on any atom is 0.254 e. The van der Waals surface area contributed by atoms with Crippen LogP contribution in [-0.2, 0) is 0 Å². The Morgan fingerprint density at radius 3 is 2.60 bits per heavy atom. The van der Waals surface area contributed by atoms with Crippen molar-refractivity contribution in [2.45, 2.75) is 37.8 Å². The fourth-order valence-corrected chi connectivity index (χ4v) is 4.53. The zero-order chi connectivity index (χ0) is 20.6. The molecule has 8 nitrogen and oxygen atoms in total. The summed E-state index contributed by atoms with van der Waals surface area (Å²) < 4.78 is 5.93. The predicted octanol–water partition coefficient (Wildman–Crippen LogP) is 2.83. The number of nitrogens with two attached hydrogens (primary N) is 1. The lowest BCUT2D eigenvalue weighted by molar-refractivity contribution is -0.0760. The van der Waals surface area contributed by atoms with Crippen LogP contribution in [0.2, 0.25) is 0 Å². The number of carbonyl (C=O) groups excluding carboxylic acids is 1. The molecule has 0 unspecified atom stereocenters. The number of carbonyl (C=O) groups is 1. The van der Waals surface area contributed by atoms with Crippen molar-refractivity contribution in [1.29, 1.82) is 0 Å². The Hall–Kier alpha value is -3.55. The molecule has 152 valence electrons. The second-order valence-electron chi connectivity index (χ2n) is 8.12. The average Bonchev–Trinajstić information content (AvgIpc) is 2.72. The number of pyridine rings is 2. The molecule has 0 bridgehead atoms. The Morgan fingerprint density at radius 1 is 1.03 bits per heavy atom. The Kier molecular flexibility index (Phi) is 4.54. The lowest BCUT2D eigenvalue weighted by Crippen LogP contribution is -2.56. The number of nitrogens with zero attached hydrogens (tertiary/aromatic N) is 4. The molecule has 30 heavy (non-hydrogen) atoms. The molecule has 2 aliphatic carbocycles. The van der Waals surface area contributed by atoms with E-state index in [1.54, 1.807) is 36.9 Å². The van der Waals surface area contributed by atoms with Gasteiger partial charge in [0, 0.05) is 36.4 Å². The number of hydrogen-bond donors (Lipinski definition) is 2. The highest BCUT2D eigenvalue weighted by atomic mass is 16.5. The average molecular weight is 402 g/mol. The molecule has 0 saturated heterocycles. The van der Waals surface area contributed by atoms with E-state index in [0.29, 0.717) is 28.8 Å². The van der Waals surface area contributed by atoms with E-state index in [2.05, 4.69) is 25.3 Å². The topological polar surface area (TPSA) is 116 Å². The van der Waals surface area contributed by atoms with Crippen molar-refractivity contribution in [1.82, 2.24) is 19.9 Å². The van der Waals surface area contributed by atoms with Crippen molar-refractivity contribution in [3.8, 4) is 17.1 Å². The Labute approximate surface area is 173 Å². The summed E-state index contributed by atoms with van der Waals surface area (Å²) in [7, 11) is 0. The van der Waals surface area contributed by atoms with Gasteiger partial charge in [0.25, 0.3) is 5.91 Å². The summed E-state index contributed by atoms with van der Waals surface area (Å²) in [6, 6.07) is 9.45. The lowest BCUT2D eigenvalue weighted by Gasteiger charge is -2.57. The van der Waals surface area contributed by atoms with Crippen LogP contribution < -0.4 is 15.8 Å². The van der Waals surface area contributed by atoms with Gasteiger partial charge >= 0.3 is 0 Å². The summed E-state index contributed by atoms with van der Waals surface area (Å²) in [6.45, 7) is 0. The predicted molar refractivity (Wildman–Crippen MR) is 111 cm³/mol. The SMILES string of the molecule is NC(=O)c1cccnc1OC1CC2(CC(Nc3nccc(-c4ccncc4)n3)C2)C1. The number of aromatic nitrogens is 4. The van der Waals surface area contributed by atoms with Crippen LogP contribution in [0.3, 0.4) is 0 Å². The number of amides is 1. The molecule has 1 amide bonds. The highest BCUT2D eigenvalue weighted by Gasteiger charge is 2.54. The van der Waals surface area contributed by atoms with Gasteiger partial charge in [0.05, 0.1) is 5.69 Å². The Morgan fingerprint density at radius 2 is 1.83 bits per heavy atom. The number of hydrogen-bond acceptors (Lipinski definition) is 7. The molecule has 5 rings (SSSR count). The molecule has 2 aliphatic rings. The van der Waals surface area contributed by atoms with Crippen molar-refractivity contribution in [3.63, 3.8) is 0 Å². The van der Waals surface area contributed by atoms with Gasteiger partial charge in [-0.2, -0.15) is 0 Å². The van der Waals surface area contributed by atoms with E-state index < -0.39 is 5.91 Å². The van der Waals surface area contributed by atoms with Crippen molar-refractivity contribution < 1.29 is 9.53 Å². The fraction of sp³-hybridized carbons (Fsp3) is 0.318. The summed E-state index contributed by atoms with van der Waals surface area (Å²) in [5, 5.41) is 3.45. The first-order valence-electron chi connectivity index (χ1n) is 10.0. The minimum absolute atomic E-state index is 0.0743. The molecule has 0 aromatic carbocycles. The van der Waals surface area contributed by atoms with Gasteiger partial charge in [-0.1, -0.05) is 0 Å². The van der Waals surface area contributed by atoms with Gasteiger partial charge in [-0.15, -0.1) is 0 Å². The number of rotatable bonds is 6. The van der Waals surface area contributed by atoms with Crippen molar-refractivity contribution in [3.05, 3.63) is 60.7 Å². The Bertz CT molecular complexity index is 1060. The van der Waals surface area contributed by atoms with Crippen LogP contribution in [0.25, 0.3) is 11.3 Å². The summed E-state index contributed by atoms with van der Waals surface area (Å²) in [4.78, 5) is 28.7. The van der Waals surface area contributed by atoms with Crippen LogP contribution in [0.5, 0.6) is 5.88 Å². The van der Waals surface area contributed by atoms with Gasteiger partial charge in [-0.05, 0) is 61.4 Å². The molecule has 0 radical (unpaired) electrons. The number of primary amides is 1. The van der Waals surface area contributed by atoms with Gasteiger partial charge in [0.2, 0.25) is 11.8 Å². The molecular formula is C22H22N6O2. The van der Waals surface area contributed by atoms with E-state index in [1.807, 2.05) is 18.2 Å².